The molecule has 2 aliphatic rings. The third-order valence-electron chi connectivity index (χ3n) is 3.74. The monoisotopic (exact) mass is 321 g/mol. The van der Waals surface area contributed by atoms with E-state index in [2.05, 4.69) is 10.6 Å². The number of halogens is 1. The Morgan fingerprint density at radius 2 is 2.05 bits per heavy atom. The minimum atomic E-state index is -0.0181. The number of nitrogens with one attached hydrogen (secondary N) is 2. The highest BCUT2D eigenvalue weighted by Gasteiger charge is 2.31. The molecular weight excluding hydrogens is 298 g/mol. The maximum absolute atomic E-state index is 12.2. The molecule has 2 rings (SSSR count). The van der Waals surface area contributed by atoms with E-state index in [1.165, 1.54) is 0 Å². The van der Waals surface area contributed by atoms with Gasteiger partial charge in [0.15, 0.2) is 0 Å². The summed E-state index contributed by atoms with van der Waals surface area (Å²) in [5.74, 6) is 2.18. The van der Waals surface area contributed by atoms with Crippen molar-refractivity contribution in [3.63, 3.8) is 0 Å². The Hall–Kier alpha value is -0.460. The Morgan fingerprint density at radius 1 is 1.35 bits per heavy atom. The van der Waals surface area contributed by atoms with Crippen molar-refractivity contribution >= 4 is 36.0 Å². The number of nitrogens with zero attached hydrogens (tertiary/aromatic N) is 1. The molecule has 5 nitrogen and oxygen atoms in total. The number of carbonyl (C=O) groups excluding carboxylic acids is 2. The van der Waals surface area contributed by atoms with E-state index in [0.29, 0.717) is 13.1 Å². The van der Waals surface area contributed by atoms with E-state index in [9.17, 15) is 9.59 Å². The van der Waals surface area contributed by atoms with Crippen molar-refractivity contribution in [2.45, 2.75) is 32.2 Å². The first kappa shape index (κ1) is 17.6. The van der Waals surface area contributed by atoms with Crippen molar-refractivity contribution in [1.29, 1.82) is 0 Å². The van der Waals surface area contributed by atoms with Gasteiger partial charge in [-0.2, -0.15) is 0 Å². The van der Waals surface area contributed by atoms with Crippen LogP contribution in [0.2, 0.25) is 0 Å². The van der Waals surface area contributed by atoms with Crippen LogP contribution >= 0.6 is 24.2 Å². The van der Waals surface area contributed by atoms with Gasteiger partial charge in [0, 0.05) is 37.2 Å². The summed E-state index contributed by atoms with van der Waals surface area (Å²) in [4.78, 5) is 26.0. The molecule has 0 aromatic rings. The van der Waals surface area contributed by atoms with E-state index in [4.69, 9.17) is 0 Å². The van der Waals surface area contributed by atoms with Gasteiger partial charge in [0.05, 0.1) is 6.04 Å². The lowest BCUT2D eigenvalue weighted by Crippen LogP contribution is -2.49. The van der Waals surface area contributed by atoms with E-state index >= 15 is 0 Å². The number of hydrogen-bond acceptors (Lipinski definition) is 4. The smallest absolute Gasteiger partial charge is 0.240 e. The zero-order chi connectivity index (χ0) is 13.7. The zero-order valence-corrected chi connectivity index (χ0v) is 13.5. The van der Waals surface area contributed by atoms with Crippen LogP contribution in [-0.4, -0.2) is 54.0 Å². The fourth-order valence-electron chi connectivity index (χ4n) is 2.53. The van der Waals surface area contributed by atoms with Gasteiger partial charge in [0.2, 0.25) is 11.8 Å². The highest BCUT2D eigenvalue weighted by molar-refractivity contribution is 7.99. The van der Waals surface area contributed by atoms with Crippen LogP contribution in [0.4, 0.5) is 0 Å². The van der Waals surface area contributed by atoms with Gasteiger partial charge < -0.3 is 10.2 Å². The van der Waals surface area contributed by atoms with Crippen LogP contribution in [0.15, 0.2) is 0 Å². The molecule has 0 radical (unpaired) electrons. The summed E-state index contributed by atoms with van der Waals surface area (Å²) < 4.78 is 0. The maximum Gasteiger partial charge on any atom is 0.240 e. The molecule has 7 heteroatoms. The van der Waals surface area contributed by atoms with E-state index < -0.39 is 0 Å². The summed E-state index contributed by atoms with van der Waals surface area (Å²) in [7, 11) is 0. The molecular formula is C13H24ClN3O2S. The molecule has 0 spiro atoms. The summed E-state index contributed by atoms with van der Waals surface area (Å²) >= 11 is 1.77. The molecule has 2 fully saturated rings. The number of likely N-dealkylation sites (tertiary alicyclic amines) is 1. The fraction of sp³-hybridized carbons (Fsp3) is 0.846. The highest BCUT2D eigenvalue weighted by atomic mass is 35.5. The molecule has 1 atom stereocenters. The average molecular weight is 322 g/mol. The lowest BCUT2D eigenvalue weighted by molar-refractivity contribution is -0.136. The summed E-state index contributed by atoms with van der Waals surface area (Å²) in [5.41, 5.74) is 0. The minimum Gasteiger partial charge on any atom is -0.356 e. The summed E-state index contributed by atoms with van der Waals surface area (Å²) in [5, 5.41) is 6.15. The van der Waals surface area contributed by atoms with E-state index in [-0.39, 0.29) is 36.2 Å². The molecule has 0 aromatic heterocycles. The summed E-state index contributed by atoms with van der Waals surface area (Å²) in [6.07, 6.45) is 2.55. The van der Waals surface area contributed by atoms with Crippen LogP contribution in [-0.2, 0) is 9.59 Å². The Bertz CT molecular complexity index is 330. The minimum absolute atomic E-state index is 0. The normalized spacial score (nSPS) is 23.2. The van der Waals surface area contributed by atoms with Gasteiger partial charge in [-0.1, -0.05) is 6.92 Å². The predicted octanol–water partition coefficient (Wildman–Crippen LogP) is 0.835. The predicted molar refractivity (Wildman–Crippen MR) is 84.1 cm³/mol. The lowest BCUT2D eigenvalue weighted by atomic mass is 9.95. The van der Waals surface area contributed by atoms with Gasteiger partial charge in [-0.3, -0.25) is 14.9 Å². The largest absolute Gasteiger partial charge is 0.356 e. The van der Waals surface area contributed by atoms with Crippen LogP contribution in [0.3, 0.4) is 0 Å². The molecule has 116 valence electrons. The van der Waals surface area contributed by atoms with Gasteiger partial charge in [-0.05, 0) is 19.3 Å². The van der Waals surface area contributed by atoms with E-state index in [1.807, 2.05) is 11.8 Å². The van der Waals surface area contributed by atoms with Crippen LogP contribution in [0.5, 0.6) is 0 Å². The van der Waals surface area contributed by atoms with Crippen molar-refractivity contribution in [2.75, 3.05) is 31.3 Å². The molecule has 2 heterocycles. The summed E-state index contributed by atoms with van der Waals surface area (Å²) in [6, 6.07) is -0.0181. The number of piperidine rings is 1. The molecule has 2 saturated heterocycles. The standard InChI is InChI=1S/C13H23N3O2S.ClH/c1-2-5-14-12(17)10-3-6-16(7-4-10)13(18)11-8-19-9-15-11;/h10-11,15H,2-9H2,1H3,(H,14,17);1H. The van der Waals surface area contributed by atoms with Crippen LogP contribution in [0, 0.1) is 5.92 Å². The van der Waals surface area contributed by atoms with Gasteiger partial charge in [-0.25, -0.2) is 0 Å². The second-order valence-corrected chi connectivity index (χ2v) is 6.19. The van der Waals surface area contributed by atoms with Crippen molar-refractivity contribution in [3.8, 4) is 0 Å². The molecule has 2 N–H and O–H groups in total. The van der Waals surface area contributed by atoms with E-state index in [0.717, 1.165) is 37.4 Å². The van der Waals surface area contributed by atoms with Gasteiger partial charge in [0.25, 0.3) is 0 Å². The van der Waals surface area contributed by atoms with Crippen LogP contribution in [0.25, 0.3) is 0 Å². The molecule has 2 aliphatic heterocycles. The van der Waals surface area contributed by atoms with Crippen LogP contribution < -0.4 is 10.6 Å². The molecule has 0 aliphatic carbocycles. The first-order valence-electron chi connectivity index (χ1n) is 7.10. The number of carbonyl (C=O) groups is 2. The average Bonchev–Trinajstić information content (AvgIpc) is 2.98. The first-order chi connectivity index (χ1) is 9.22. The second-order valence-electron chi connectivity index (χ2n) is 5.16. The molecule has 0 aromatic carbocycles. The fourth-order valence-corrected chi connectivity index (χ4v) is 3.46. The summed E-state index contributed by atoms with van der Waals surface area (Å²) in [6.45, 7) is 4.23. The van der Waals surface area contributed by atoms with Crippen molar-refractivity contribution in [2.24, 2.45) is 5.92 Å². The maximum atomic E-state index is 12.2. The molecule has 1 unspecified atom stereocenters. The Morgan fingerprint density at radius 3 is 2.60 bits per heavy atom. The van der Waals surface area contributed by atoms with Crippen molar-refractivity contribution in [1.82, 2.24) is 15.5 Å². The van der Waals surface area contributed by atoms with Crippen molar-refractivity contribution in [3.05, 3.63) is 0 Å². The molecule has 20 heavy (non-hydrogen) atoms. The SMILES string of the molecule is CCCNC(=O)C1CCN(C(=O)C2CSCN2)CC1.Cl. The van der Waals surface area contributed by atoms with Crippen LogP contribution in [0.1, 0.15) is 26.2 Å². The topological polar surface area (TPSA) is 61.4 Å². The lowest BCUT2D eigenvalue weighted by Gasteiger charge is -2.32. The van der Waals surface area contributed by atoms with Gasteiger partial charge in [0.1, 0.15) is 0 Å². The van der Waals surface area contributed by atoms with E-state index in [1.54, 1.807) is 11.8 Å². The third-order valence-corrected chi connectivity index (χ3v) is 4.68. The number of hydrogen-bond donors (Lipinski definition) is 2. The quantitative estimate of drug-likeness (QED) is 0.805. The number of rotatable bonds is 4. The number of thioether (sulfide) groups is 1. The Labute approximate surface area is 131 Å². The number of amides is 2. The Kier molecular flexibility index (Phi) is 7.69. The van der Waals surface area contributed by atoms with Gasteiger partial charge >= 0.3 is 0 Å². The highest BCUT2D eigenvalue weighted by Crippen LogP contribution is 2.20. The molecule has 0 saturated carbocycles. The molecule has 0 bridgehead atoms. The first-order valence-corrected chi connectivity index (χ1v) is 8.25. The molecule has 2 amide bonds. The Balaban J connectivity index is 0.00000200. The van der Waals surface area contributed by atoms with Crippen molar-refractivity contribution < 1.29 is 9.59 Å². The second kappa shape index (κ2) is 8.74. The zero-order valence-electron chi connectivity index (χ0n) is 11.9. The van der Waals surface area contributed by atoms with Gasteiger partial charge in [-0.15, -0.1) is 24.2 Å². The third kappa shape index (κ3) is 4.53.